The molecule has 0 saturated heterocycles. The van der Waals surface area contributed by atoms with Crippen LogP contribution in [0, 0.1) is 11.8 Å². The van der Waals surface area contributed by atoms with Gasteiger partial charge in [-0.1, -0.05) is 23.3 Å². The van der Waals surface area contributed by atoms with E-state index in [1.807, 2.05) is 0 Å². The summed E-state index contributed by atoms with van der Waals surface area (Å²) < 4.78 is 9.60. The van der Waals surface area contributed by atoms with Gasteiger partial charge in [0.25, 0.3) is 0 Å². The number of rotatable bonds is 5. The zero-order valence-corrected chi connectivity index (χ0v) is 12.8. The maximum absolute atomic E-state index is 11.9. The van der Waals surface area contributed by atoms with E-state index in [0.29, 0.717) is 12.8 Å². The topological polar surface area (TPSA) is 52.6 Å². The summed E-state index contributed by atoms with van der Waals surface area (Å²) in [6, 6.07) is 0. The third-order valence-corrected chi connectivity index (χ3v) is 3.65. The van der Waals surface area contributed by atoms with Gasteiger partial charge in [0.1, 0.15) is 0 Å². The van der Waals surface area contributed by atoms with Crippen LogP contribution < -0.4 is 0 Å². The van der Waals surface area contributed by atoms with Crippen LogP contribution in [0.1, 0.15) is 39.5 Å². The van der Waals surface area contributed by atoms with Crippen molar-refractivity contribution >= 4 is 11.9 Å². The van der Waals surface area contributed by atoms with E-state index < -0.39 is 11.8 Å². The molecule has 1 aliphatic carbocycles. The average Bonchev–Trinajstić information content (AvgIpc) is 2.45. The first-order chi connectivity index (χ1) is 9.49. The summed E-state index contributed by atoms with van der Waals surface area (Å²) in [5.41, 5.74) is 2.51. The first-order valence-electron chi connectivity index (χ1n) is 6.96. The molecule has 0 aromatic heterocycles. The van der Waals surface area contributed by atoms with Crippen molar-refractivity contribution in [1.29, 1.82) is 0 Å². The Morgan fingerprint density at radius 1 is 1.20 bits per heavy atom. The van der Waals surface area contributed by atoms with E-state index in [9.17, 15) is 9.59 Å². The van der Waals surface area contributed by atoms with Gasteiger partial charge in [-0.3, -0.25) is 9.59 Å². The highest BCUT2D eigenvalue weighted by Crippen LogP contribution is 2.33. The zero-order chi connectivity index (χ0) is 15.1. The Morgan fingerprint density at radius 2 is 1.80 bits per heavy atom. The molecule has 0 fully saturated rings. The van der Waals surface area contributed by atoms with E-state index in [0.717, 1.165) is 12.8 Å². The second-order valence-corrected chi connectivity index (χ2v) is 5.38. The molecule has 20 heavy (non-hydrogen) atoms. The van der Waals surface area contributed by atoms with Gasteiger partial charge in [0.2, 0.25) is 0 Å². The van der Waals surface area contributed by atoms with Gasteiger partial charge in [-0.2, -0.15) is 0 Å². The number of ether oxygens (including phenoxy) is 2. The molecule has 1 aliphatic rings. The Morgan fingerprint density at radius 3 is 2.35 bits per heavy atom. The average molecular weight is 280 g/mol. The Bertz CT molecular complexity index is 416. The molecule has 0 radical (unpaired) electrons. The highest BCUT2D eigenvalue weighted by atomic mass is 16.5. The molecular weight excluding hydrogens is 256 g/mol. The highest BCUT2D eigenvalue weighted by Gasteiger charge is 2.37. The fraction of sp³-hybridized carbons (Fsp3) is 0.625. The number of hydrogen-bond donors (Lipinski definition) is 0. The van der Waals surface area contributed by atoms with E-state index >= 15 is 0 Å². The highest BCUT2D eigenvalue weighted by molar-refractivity contribution is 5.82. The summed E-state index contributed by atoms with van der Waals surface area (Å²) in [5, 5.41) is 0. The molecule has 0 amide bonds. The predicted octanol–water partition coefficient (Wildman–Crippen LogP) is 3.03. The van der Waals surface area contributed by atoms with Crippen LogP contribution in [-0.4, -0.2) is 26.2 Å². The molecule has 0 heterocycles. The van der Waals surface area contributed by atoms with Gasteiger partial charge in [0, 0.05) is 0 Å². The number of esters is 2. The van der Waals surface area contributed by atoms with Gasteiger partial charge < -0.3 is 9.47 Å². The van der Waals surface area contributed by atoms with Crippen molar-refractivity contribution in [1.82, 2.24) is 0 Å². The summed E-state index contributed by atoms with van der Waals surface area (Å²) >= 11 is 0. The number of methoxy groups -OCH3 is 2. The predicted molar refractivity (Wildman–Crippen MR) is 77.0 cm³/mol. The Kier molecular flexibility index (Phi) is 6.49. The summed E-state index contributed by atoms with van der Waals surface area (Å²) in [5.74, 6) is -1.49. The second-order valence-electron chi connectivity index (χ2n) is 5.38. The minimum Gasteiger partial charge on any atom is -0.469 e. The van der Waals surface area contributed by atoms with Crippen LogP contribution in [0.2, 0.25) is 0 Å². The number of carbonyl (C=O) groups is 2. The maximum Gasteiger partial charge on any atom is 0.309 e. The van der Waals surface area contributed by atoms with Crippen molar-refractivity contribution in [2.75, 3.05) is 14.2 Å². The van der Waals surface area contributed by atoms with Gasteiger partial charge in [-0.15, -0.1) is 0 Å². The van der Waals surface area contributed by atoms with E-state index in [4.69, 9.17) is 9.47 Å². The van der Waals surface area contributed by atoms with Crippen molar-refractivity contribution in [3.63, 3.8) is 0 Å². The molecule has 1 rings (SSSR count). The van der Waals surface area contributed by atoms with Crippen LogP contribution in [-0.2, 0) is 19.1 Å². The minimum atomic E-state index is -0.417. The van der Waals surface area contributed by atoms with Gasteiger partial charge in [0.05, 0.1) is 26.1 Å². The zero-order valence-electron chi connectivity index (χ0n) is 12.8. The number of allylic oxidation sites excluding steroid dienone is 4. The van der Waals surface area contributed by atoms with E-state index in [2.05, 4.69) is 26.0 Å². The van der Waals surface area contributed by atoms with Gasteiger partial charge >= 0.3 is 11.9 Å². The normalized spacial score (nSPS) is 21.7. The fourth-order valence-electron chi connectivity index (χ4n) is 2.53. The van der Waals surface area contributed by atoms with Crippen LogP contribution in [0.25, 0.3) is 0 Å². The summed E-state index contributed by atoms with van der Waals surface area (Å²) in [4.78, 5) is 23.6. The molecule has 112 valence electrons. The maximum atomic E-state index is 11.9. The minimum absolute atomic E-state index is 0.326. The lowest BCUT2D eigenvalue weighted by Gasteiger charge is -2.27. The molecule has 0 aliphatic heterocycles. The number of hydrogen-bond acceptors (Lipinski definition) is 4. The van der Waals surface area contributed by atoms with Crippen molar-refractivity contribution in [3.8, 4) is 0 Å². The van der Waals surface area contributed by atoms with Gasteiger partial charge in [0.15, 0.2) is 0 Å². The molecule has 0 N–H and O–H groups in total. The molecule has 2 unspecified atom stereocenters. The van der Waals surface area contributed by atoms with Crippen molar-refractivity contribution < 1.29 is 19.1 Å². The lowest BCUT2D eigenvalue weighted by molar-refractivity contribution is -0.157. The van der Waals surface area contributed by atoms with Crippen molar-refractivity contribution in [2.45, 2.75) is 39.5 Å². The molecule has 0 saturated carbocycles. The SMILES string of the molecule is COC(=O)C1CC=C(CCC=C(C)C)CC1C(=O)OC. The van der Waals surface area contributed by atoms with Crippen LogP contribution in [0.4, 0.5) is 0 Å². The van der Waals surface area contributed by atoms with Crippen molar-refractivity contribution in [2.24, 2.45) is 11.8 Å². The summed E-state index contributed by atoms with van der Waals surface area (Å²) in [6.07, 6.45) is 7.28. The quantitative estimate of drug-likeness (QED) is 0.574. The Labute approximate surface area is 120 Å². The largest absolute Gasteiger partial charge is 0.469 e. The first kappa shape index (κ1) is 16.5. The molecule has 0 spiro atoms. The van der Waals surface area contributed by atoms with Crippen LogP contribution in [0.15, 0.2) is 23.3 Å². The first-order valence-corrected chi connectivity index (χ1v) is 6.96. The molecule has 4 nitrogen and oxygen atoms in total. The fourth-order valence-corrected chi connectivity index (χ4v) is 2.53. The Balaban J connectivity index is 2.75. The van der Waals surface area contributed by atoms with Crippen LogP contribution >= 0.6 is 0 Å². The van der Waals surface area contributed by atoms with Gasteiger partial charge in [-0.05, 0) is 39.5 Å². The summed E-state index contributed by atoms with van der Waals surface area (Å²) in [7, 11) is 2.71. The third-order valence-electron chi connectivity index (χ3n) is 3.65. The molecule has 2 atom stereocenters. The second kappa shape index (κ2) is 7.88. The molecule has 0 aromatic carbocycles. The lowest BCUT2D eigenvalue weighted by atomic mass is 9.78. The van der Waals surface area contributed by atoms with Crippen molar-refractivity contribution in [3.05, 3.63) is 23.3 Å². The van der Waals surface area contributed by atoms with E-state index in [1.54, 1.807) is 0 Å². The number of carbonyl (C=O) groups excluding carboxylic acids is 2. The third kappa shape index (κ3) is 4.51. The lowest BCUT2D eigenvalue weighted by Crippen LogP contribution is -2.33. The van der Waals surface area contributed by atoms with E-state index in [-0.39, 0.29) is 11.9 Å². The van der Waals surface area contributed by atoms with Crippen LogP contribution in [0.3, 0.4) is 0 Å². The van der Waals surface area contributed by atoms with E-state index in [1.165, 1.54) is 25.4 Å². The molecular formula is C16H24O4. The molecule has 0 bridgehead atoms. The Hall–Kier alpha value is -1.58. The smallest absolute Gasteiger partial charge is 0.309 e. The standard InChI is InChI=1S/C16H24O4/c1-11(2)6-5-7-12-8-9-13(15(17)19-3)14(10-12)16(18)20-4/h6,8,13-14H,5,7,9-10H2,1-4H3. The van der Waals surface area contributed by atoms with Crippen LogP contribution in [0.5, 0.6) is 0 Å². The van der Waals surface area contributed by atoms with Gasteiger partial charge in [-0.25, -0.2) is 0 Å². The monoisotopic (exact) mass is 280 g/mol. The summed E-state index contributed by atoms with van der Waals surface area (Å²) in [6.45, 7) is 4.14. The molecule has 0 aromatic rings. The molecule has 4 heteroatoms.